The van der Waals surface area contributed by atoms with E-state index >= 15 is 0 Å². The summed E-state index contributed by atoms with van der Waals surface area (Å²) < 4.78 is 1.18. The first-order valence-electron chi connectivity index (χ1n) is 10.7. The first-order chi connectivity index (χ1) is 16.0. The van der Waals surface area contributed by atoms with Crippen LogP contribution in [0.1, 0.15) is 18.2 Å². The predicted octanol–water partition coefficient (Wildman–Crippen LogP) is 8.55. The van der Waals surface area contributed by atoms with E-state index in [1.54, 1.807) is 17.4 Å². The summed E-state index contributed by atoms with van der Waals surface area (Å²) in [5.41, 5.74) is 8.09. The molecule has 5 aromatic rings. The number of hydrogen-bond acceptors (Lipinski definition) is 4. The van der Waals surface area contributed by atoms with Gasteiger partial charge in [-0.1, -0.05) is 60.7 Å². The van der Waals surface area contributed by atoms with Crippen LogP contribution in [0, 0.1) is 13.8 Å². The van der Waals surface area contributed by atoms with Crippen molar-refractivity contribution in [2.24, 2.45) is 0 Å². The van der Waals surface area contributed by atoms with Crippen LogP contribution in [0.15, 0.2) is 85.5 Å². The summed E-state index contributed by atoms with van der Waals surface area (Å²) in [4.78, 5) is 13.9. The second-order valence-electron chi connectivity index (χ2n) is 7.59. The standard InChI is InChI=1S/C25H18ClN3S.C3H6/c1-15-8-3-4-11-19(15)22-16(2)27-25(26)29-23(22)17-9-7-10-18(14-17)24-28-20-12-5-6-13-21(20)30-24;1-3-2/h3-14H,1-2H3;3H,1H2,2H3. The fourth-order valence-electron chi connectivity index (χ4n) is 3.72. The molecule has 33 heavy (non-hydrogen) atoms. The number of hydrogen-bond donors (Lipinski definition) is 0. The van der Waals surface area contributed by atoms with Gasteiger partial charge in [-0.2, -0.15) is 0 Å². The van der Waals surface area contributed by atoms with Crippen LogP contribution in [0.4, 0.5) is 0 Å². The lowest BCUT2D eigenvalue weighted by Gasteiger charge is -2.14. The molecule has 0 aliphatic heterocycles. The summed E-state index contributed by atoms with van der Waals surface area (Å²) >= 11 is 7.97. The highest BCUT2D eigenvalue weighted by atomic mass is 35.5. The molecule has 0 amide bonds. The molecule has 0 saturated carbocycles. The second-order valence-corrected chi connectivity index (χ2v) is 8.96. The van der Waals surface area contributed by atoms with E-state index in [0.29, 0.717) is 0 Å². The molecule has 3 nitrogen and oxygen atoms in total. The van der Waals surface area contributed by atoms with E-state index < -0.39 is 0 Å². The van der Waals surface area contributed by atoms with Gasteiger partial charge in [0.25, 0.3) is 0 Å². The molecule has 0 N–H and O–H groups in total. The van der Waals surface area contributed by atoms with Crippen LogP contribution in [0.3, 0.4) is 0 Å². The van der Waals surface area contributed by atoms with Crippen LogP contribution >= 0.6 is 22.9 Å². The zero-order valence-electron chi connectivity index (χ0n) is 18.8. The Labute approximate surface area is 203 Å². The first-order valence-corrected chi connectivity index (χ1v) is 11.8. The molecule has 3 aromatic carbocycles. The van der Waals surface area contributed by atoms with Gasteiger partial charge in [0.15, 0.2) is 0 Å². The van der Waals surface area contributed by atoms with Crippen molar-refractivity contribution in [1.82, 2.24) is 15.0 Å². The number of benzene rings is 3. The minimum absolute atomic E-state index is 0.255. The van der Waals surface area contributed by atoms with Gasteiger partial charge < -0.3 is 0 Å². The van der Waals surface area contributed by atoms with Crippen molar-refractivity contribution in [2.45, 2.75) is 20.8 Å². The molecule has 0 radical (unpaired) electrons. The zero-order chi connectivity index (χ0) is 23.4. The third-order valence-corrected chi connectivity index (χ3v) is 6.41. The van der Waals surface area contributed by atoms with E-state index in [0.717, 1.165) is 44.2 Å². The SMILES string of the molecule is C=CC.Cc1ccccc1-c1c(C)nc(Cl)nc1-c1cccc(-c2nc3ccccc3s2)c1. The third kappa shape index (κ3) is 4.87. The normalized spacial score (nSPS) is 10.5. The maximum atomic E-state index is 6.28. The van der Waals surface area contributed by atoms with Gasteiger partial charge in [0.2, 0.25) is 5.28 Å². The molecule has 0 saturated heterocycles. The van der Waals surface area contributed by atoms with Crippen LogP contribution in [0.5, 0.6) is 0 Å². The van der Waals surface area contributed by atoms with E-state index in [2.05, 4.69) is 59.9 Å². The Kier molecular flexibility index (Phi) is 6.97. The molecule has 0 atom stereocenters. The first kappa shape index (κ1) is 22.8. The van der Waals surface area contributed by atoms with E-state index in [4.69, 9.17) is 16.6 Å². The molecule has 0 unspecified atom stereocenters. The van der Waals surface area contributed by atoms with Gasteiger partial charge in [-0.15, -0.1) is 17.9 Å². The summed E-state index contributed by atoms with van der Waals surface area (Å²) in [6.45, 7) is 9.33. The number of halogens is 1. The average Bonchev–Trinajstić information content (AvgIpc) is 3.25. The lowest BCUT2D eigenvalue weighted by molar-refractivity contribution is 1.11. The van der Waals surface area contributed by atoms with Gasteiger partial charge in [0.05, 0.1) is 21.6 Å². The molecule has 0 aliphatic rings. The average molecular weight is 470 g/mol. The molecule has 164 valence electrons. The highest BCUT2D eigenvalue weighted by Gasteiger charge is 2.17. The molecule has 0 aliphatic carbocycles. The maximum absolute atomic E-state index is 6.28. The molecule has 5 heteroatoms. The summed E-state index contributed by atoms with van der Waals surface area (Å²) in [5, 5.41) is 1.25. The van der Waals surface area contributed by atoms with Crippen molar-refractivity contribution < 1.29 is 0 Å². The second kappa shape index (κ2) is 10.1. The van der Waals surface area contributed by atoms with Crippen molar-refractivity contribution in [2.75, 3.05) is 0 Å². The maximum Gasteiger partial charge on any atom is 0.223 e. The van der Waals surface area contributed by atoms with Crippen molar-refractivity contribution in [3.05, 3.63) is 102 Å². The highest BCUT2D eigenvalue weighted by molar-refractivity contribution is 7.21. The number of thiazole rings is 1. The molecule has 2 aromatic heterocycles. The van der Waals surface area contributed by atoms with Crippen LogP contribution in [0.25, 0.3) is 43.2 Å². The Morgan fingerprint density at radius 1 is 0.848 bits per heavy atom. The minimum Gasteiger partial charge on any atom is -0.236 e. The number of rotatable bonds is 3. The lowest BCUT2D eigenvalue weighted by atomic mass is 9.94. The highest BCUT2D eigenvalue weighted by Crippen LogP contribution is 2.37. The summed E-state index contributed by atoms with van der Waals surface area (Å²) in [6, 6.07) is 24.8. The monoisotopic (exact) mass is 469 g/mol. The van der Waals surface area contributed by atoms with Crippen molar-refractivity contribution in [3.63, 3.8) is 0 Å². The molecule has 0 fully saturated rings. The zero-order valence-corrected chi connectivity index (χ0v) is 20.4. The number of para-hydroxylation sites is 1. The van der Waals surface area contributed by atoms with Crippen molar-refractivity contribution >= 4 is 33.2 Å². The number of aryl methyl sites for hydroxylation is 2. The largest absolute Gasteiger partial charge is 0.236 e. The minimum atomic E-state index is 0.255. The molecule has 0 bridgehead atoms. The van der Waals surface area contributed by atoms with E-state index in [9.17, 15) is 0 Å². The van der Waals surface area contributed by atoms with Gasteiger partial charge in [0, 0.05) is 16.7 Å². The Balaban J connectivity index is 0.000000821. The van der Waals surface area contributed by atoms with Gasteiger partial charge in [0.1, 0.15) is 5.01 Å². The van der Waals surface area contributed by atoms with Crippen molar-refractivity contribution in [3.8, 4) is 33.0 Å². The third-order valence-electron chi connectivity index (χ3n) is 5.15. The van der Waals surface area contributed by atoms with Gasteiger partial charge in [-0.25, -0.2) is 15.0 Å². The van der Waals surface area contributed by atoms with E-state index in [1.165, 1.54) is 10.3 Å². The van der Waals surface area contributed by atoms with E-state index in [-0.39, 0.29) is 5.28 Å². The van der Waals surface area contributed by atoms with Crippen LogP contribution in [0.2, 0.25) is 5.28 Å². The quantitative estimate of drug-likeness (QED) is 0.196. The fraction of sp³-hybridized carbons (Fsp3) is 0.107. The Morgan fingerprint density at radius 2 is 1.55 bits per heavy atom. The molecule has 2 heterocycles. The van der Waals surface area contributed by atoms with Gasteiger partial charge in [-0.05, 0) is 61.7 Å². The smallest absolute Gasteiger partial charge is 0.223 e. The van der Waals surface area contributed by atoms with E-state index in [1.807, 2.05) is 50.2 Å². The predicted molar refractivity (Wildman–Crippen MR) is 142 cm³/mol. The van der Waals surface area contributed by atoms with Crippen LogP contribution in [-0.2, 0) is 0 Å². The Hall–Kier alpha value is -3.34. The Morgan fingerprint density at radius 3 is 2.30 bits per heavy atom. The summed E-state index contributed by atoms with van der Waals surface area (Å²) in [7, 11) is 0. The lowest BCUT2D eigenvalue weighted by Crippen LogP contribution is -1.99. The number of aromatic nitrogens is 3. The van der Waals surface area contributed by atoms with Crippen LogP contribution in [-0.4, -0.2) is 15.0 Å². The molecular formula is C28H24ClN3S. The van der Waals surface area contributed by atoms with Crippen molar-refractivity contribution in [1.29, 1.82) is 0 Å². The van der Waals surface area contributed by atoms with Gasteiger partial charge in [-0.3, -0.25) is 0 Å². The summed E-state index contributed by atoms with van der Waals surface area (Å²) in [6.07, 6.45) is 1.75. The number of fused-ring (bicyclic) bond motifs is 1. The molecular weight excluding hydrogens is 446 g/mol. The summed E-state index contributed by atoms with van der Waals surface area (Å²) in [5.74, 6) is 0. The fourth-order valence-corrected chi connectivity index (χ4v) is 4.89. The molecule has 0 spiro atoms. The number of allylic oxidation sites excluding steroid dienone is 1. The van der Waals surface area contributed by atoms with Crippen LogP contribution < -0.4 is 0 Å². The molecule has 5 rings (SSSR count). The topological polar surface area (TPSA) is 38.7 Å². The van der Waals surface area contributed by atoms with Gasteiger partial charge >= 0.3 is 0 Å². The number of nitrogens with zero attached hydrogens (tertiary/aromatic N) is 3. The Bertz CT molecular complexity index is 1410.